The van der Waals surface area contributed by atoms with E-state index in [9.17, 15) is 9.90 Å². The fourth-order valence-electron chi connectivity index (χ4n) is 3.46. The number of aromatic amines is 2. The zero-order valence-electron chi connectivity index (χ0n) is 13.9. The fraction of sp³-hybridized carbons (Fsp3) is 0.167. The van der Waals surface area contributed by atoms with Crippen LogP contribution in [0.1, 0.15) is 34.4 Å². The van der Waals surface area contributed by atoms with Crippen LogP contribution < -0.4 is 0 Å². The molecule has 2 unspecified atom stereocenters. The Morgan fingerprint density at radius 3 is 2.62 bits per heavy atom. The number of carbonyl (C=O) groups is 1. The van der Waals surface area contributed by atoms with Crippen LogP contribution in [-0.4, -0.2) is 41.9 Å². The molecule has 0 fully saturated rings. The van der Waals surface area contributed by atoms with Crippen molar-refractivity contribution in [2.75, 3.05) is 0 Å². The Morgan fingerprint density at radius 2 is 1.96 bits per heavy atom. The van der Waals surface area contributed by atoms with Crippen LogP contribution in [-0.2, 0) is 5.41 Å². The Balaban J connectivity index is 1.87. The van der Waals surface area contributed by atoms with Crippen molar-refractivity contribution < 1.29 is 9.90 Å². The summed E-state index contributed by atoms with van der Waals surface area (Å²) in [5.74, 6) is -1.27. The molecule has 0 bridgehead atoms. The van der Waals surface area contributed by atoms with Gasteiger partial charge in [-0.3, -0.25) is 0 Å². The van der Waals surface area contributed by atoms with Crippen LogP contribution >= 0.6 is 0 Å². The number of carboxylic acid groups (broad SMARTS) is 1. The molecule has 0 aliphatic heterocycles. The van der Waals surface area contributed by atoms with Crippen molar-refractivity contribution in [3.8, 4) is 0 Å². The smallest absolute Gasteiger partial charge is 0.358 e. The normalized spacial score (nSPS) is 22.2. The first-order valence-corrected chi connectivity index (χ1v) is 8.10. The first-order valence-electron chi connectivity index (χ1n) is 8.10. The van der Waals surface area contributed by atoms with E-state index >= 15 is 0 Å². The van der Waals surface area contributed by atoms with Gasteiger partial charge in [-0.1, -0.05) is 55.5 Å². The Kier molecular flexibility index (Phi) is 3.72. The number of hydrogen-bond acceptors (Lipinski definition) is 5. The van der Waals surface area contributed by atoms with Gasteiger partial charge in [-0.05, 0) is 17.1 Å². The summed E-state index contributed by atoms with van der Waals surface area (Å²) in [5, 5.41) is 30.6. The first-order chi connectivity index (χ1) is 12.6. The summed E-state index contributed by atoms with van der Waals surface area (Å²) in [5.41, 5.74) is 2.03. The van der Waals surface area contributed by atoms with Crippen LogP contribution in [0.3, 0.4) is 0 Å². The summed E-state index contributed by atoms with van der Waals surface area (Å²) < 4.78 is 0. The summed E-state index contributed by atoms with van der Waals surface area (Å²) in [6.45, 7) is 2.00. The molecule has 8 heteroatoms. The molecule has 26 heavy (non-hydrogen) atoms. The maximum Gasteiger partial charge on any atom is 0.358 e. The van der Waals surface area contributed by atoms with Crippen LogP contribution in [0.4, 0.5) is 0 Å². The molecule has 0 saturated carbocycles. The number of nitrogens with zero attached hydrogens (tertiary/aromatic N) is 4. The number of H-pyrrole nitrogens is 2. The molecular formula is C18H16N6O2. The summed E-state index contributed by atoms with van der Waals surface area (Å²) in [4.78, 5) is 11.6. The second kappa shape index (κ2) is 6.07. The topological polar surface area (TPSA) is 120 Å². The van der Waals surface area contributed by atoms with Crippen molar-refractivity contribution in [2.24, 2.45) is 5.92 Å². The van der Waals surface area contributed by atoms with Crippen molar-refractivity contribution in [2.45, 2.75) is 12.3 Å². The Hall–Kier alpha value is -3.55. The number of rotatable bonds is 4. The molecule has 8 nitrogen and oxygen atoms in total. The van der Waals surface area contributed by atoms with E-state index < -0.39 is 11.4 Å². The first kappa shape index (κ1) is 15.9. The molecular weight excluding hydrogens is 332 g/mol. The van der Waals surface area contributed by atoms with E-state index in [2.05, 4.69) is 36.9 Å². The minimum Gasteiger partial charge on any atom is -0.476 e. The third kappa shape index (κ3) is 2.34. The van der Waals surface area contributed by atoms with Gasteiger partial charge >= 0.3 is 5.97 Å². The van der Waals surface area contributed by atoms with Gasteiger partial charge in [0.1, 0.15) is 5.69 Å². The number of carboxylic acids is 1. The second-order valence-corrected chi connectivity index (χ2v) is 6.16. The highest BCUT2D eigenvalue weighted by atomic mass is 16.4. The van der Waals surface area contributed by atoms with Crippen LogP contribution in [0.5, 0.6) is 0 Å². The Morgan fingerprint density at radius 1 is 1.15 bits per heavy atom. The average molecular weight is 348 g/mol. The van der Waals surface area contributed by atoms with Gasteiger partial charge in [0.25, 0.3) is 0 Å². The van der Waals surface area contributed by atoms with Gasteiger partial charge in [-0.2, -0.15) is 25.7 Å². The van der Waals surface area contributed by atoms with E-state index in [0.717, 1.165) is 11.1 Å². The summed E-state index contributed by atoms with van der Waals surface area (Å²) in [7, 11) is 0. The minimum atomic E-state index is -1.14. The van der Waals surface area contributed by atoms with E-state index in [1.807, 2.05) is 49.4 Å². The maximum absolute atomic E-state index is 11.6. The third-order valence-electron chi connectivity index (χ3n) is 4.76. The largest absolute Gasteiger partial charge is 0.476 e. The molecule has 1 aromatic carbocycles. The molecule has 0 radical (unpaired) electrons. The number of hydrogen-bond donors (Lipinski definition) is 3. The molecule has 0 amide bonds. The highest BCUT2D eigenvalue weighted by Crippen LogP contribution is 2.44. The predicted molar refractivity (Wildman–Crippen MR) is 93.2 cm³/mol. The van der Waals surface area contributed by atoms with Gasteiger partial charge in [0.15, 0.2) is 5.69 Å². The Bertz CT molecular complexity index is 990. The van der Waals surface area contributed by atoms with E-state index in [-0.39, 0.29) is 11.6 Å². The zero-order valence-corrected chi connectivity index (χ0v) is 13.9. The van der Waals surface area contributed by atoms with E-state index in [1.54, 1.807) is 6.20 Å². The number of aromatic nitrogens is 6. The van der Waals surface area contributed by atoms with E-state index in [4.69, 9.17) is 0 Å². The van der Waals surface area contributed by atoms with Crippen LogP contribution in [0, 0.1) is 5.92 Å². The predicted octanol–water partition coefficient (Wildman–Crippen LogP) is 2.20. The standard InChI is InChI=1S/C18H16N6O2/c1-11-9-13(12-5-3-2-4-6-12)7-8-18(11,14-10-19-23-20-14)16-15(17(25)26)21-24-22-16/h2-11H,1H3,(H,25,26)(H,19,20,23)(H,21,22,24). The van der Waals surface area contributed by atoms with Gasteiger partial charge in [-0.25, -0.2) is 4.79 Å². The minimum absolute atomic E-state index is 0.124. The molecule has 2 atom stereocenters. The SMILES string of the molecule is CC1C=C(c2ccccc2)C=CC1(c1cn[nH]n1)c1n[nH]nc1C(=O)O. The summed E-state index contributed by atoms with van der Waals surface area (Å²) in [6.07, 6.45) is 7.57. The molecule has 0 spiro atoms. The van der Waals surface area contributed by atoms with Gasteiger partial charge < -0.3 is 5.11 Å². The van der Waals surface area contributed by atoms with Crippen molar-refractivity contribution in [1.29, 1.82) is 0 Å². The van der Waals surface area contributed by atoms with Gasteiger partial charge in [0.2, 0.25) is 0 Å². The summed E-state index contributed by atoms with van der Waals surface area (Å²) >= 11 is 0. The van der Waals surface area contributed by atoms with Crippen LogP contribution in [0.2, 0.25) is 0 Å². The molecule has 1 aliphatic rings. The van der Waals surface area contributed by atoms with E-state index in [0.29, 0.717) is 11.4 Å². The van der Waals surface area contributed by atoms with Crippen LogP contribution in [0.15, 0.2) is 54.8 Å². The van der Waals surface area contributed by atoms with Crippen LogP contribution in [0.25, 0.3) is 5.57 Å². The number of allylic oxidation sites excluding steroid dienone is 4. The second-order valence-electron chi connectivity index (χ2n) is 6.16. The van der Waals surface area contributed by atoms with E-state index in [1.165, 1.54) is 0 Å². The lowest BCUT2D eigenvalue weighted by Gasteiger charge is -2.34. The number of benzene rings is 1. The number of nitrogens with one attached hydrogen (secondary N) is 2. The van der Waals surface area contributed by atoms with Gasteiger partial charge in [-0.15, -0.1) is 5.10 Å². The molecule has 4 rings (SSSR count). The maximum atomic E-state index is 11.6. The van der Waals surface area contributed by atoms with Gasteiger partial charge in [0.05, 0.1) is 17.3 Å². The average Bonchev–Trinajstić information content (AvgIpc) is 3.35. The molecule has 130 valence electrons. The molecule has 2 aromatic heterocycles. The molecule has 2 heterocycles. The zero-order chi connectivity index (χ0) is 18.1. The third-order valence-corrected chi connectivity index (χ3v) is 4.76. The highest BCUT2D eigenvalue weighted by molar-refractivity contribution is 5.88. The van der Waals surface area contributed by atoms with Crippen molar-refractivity contribution in [3.63, 3.8) is 0 Å². The lowest BCUT2D eigenvalue weighted by atomic mass is 9.67. The fourth-order valence-corrected chi connectivity index (χ4v) is 3.46. The monoisotopic (exact) mass is 348 g/mol. The van der Waals surface area contributed by atoms with Gasteiger partial charge in [0, 0.05) is 0 Å². The molecule has 3 N–H and O–H groups in total. The number of aromatic carboxylic acids is 1. The quantitative estimate of drug-likeness (QED) is 0.665. The summed E-state index contributed by atoms with van der Waals surface area (Å²) in [6, 6.07) is 9.99. The van der Waals surface area contributed by atoms with Crippen molar-refractivity contribution in [3.05, 3.63) is 77.4 Å². The lowest BCUT2D eigenvalue weighted by molar-refractivity contribution is 0.0687. The van der Waals surface area contributed by atoms with Crippen molar-refractivity contribution in [1.82, 2.24) is 30.8 Å². The molecule has 1 aliphatic carbocycles. The molecule has 3 aromatic rings. The molecule has 0 saturated heterocycles. The lowest BCUT2D eigenvalue weighted by Crippen LogP contribution is -2.36. The van der Waals surface area contributed by atoms with Crippen molar-refractivity contribution >= 4 is 11.5 Å². The Labute approximate surface area is 148 Å². The highest BCUT2D eigenvalue weighted by Gasteiger charge is 2.46.